The molecular weight excluding hydrogens is 357 g/mol. The third-order valence-electron chi connectivity index (χ3n) is 5.53. The van der Waals surface area contributed by atoms with E-state index in [0.717, 1.165) is 24.2 Å². The van der Waals surface area contributed by atoms with Crippen LogP contribution in [0.15, 0.2) is 18.3 Å². The first-order chi connectivity index (χ1) is 12.9. The van der Waals surface area contributed by atoms with Crippen LogP contribution in [0.1, 0.15) is 54.9 Å². The first-order valence-corrected chi connectivity index (χ1v) is 9.92. The minimum atomic E-state index is -0.493. The Morgan fingerprint density at radius 3 is 2.43 bits per heavy atom. The molecule has 1 unspecified atom stereocenters. The molecule has 1 amide bonds. The zero-order chi connectivity index (χ0) is 20.7. The number of hydrogen-bond acceptors (Lipinski definition) is 6. The maximum Gasteiger partial charge on any atom is 0.496 e. The largest absolute Gasteiger partial charge is 0.496 e. The number of hydrogen-bond donors (Lipinski definition) is 1. The zero-order valence-electron chi connectivity index (χ0n) is 18.0. The summed E-state index contributed by atoms with van der Waals surface area (Å²) in [7, 11) is -0.410. The molecule has 3 heterocycles. The van der Waals surface area contributed by atoms with Crippen LogP contribution in [-0.2, 0) is 14.0 Å². The van der Waals surface area contributed by atoms with Crippen LogP contribution in [-0.4, -0.2) is 54.1 Å². The van der Waals surface area contributed by atoms with Gasteiger partial charge in [0, 0.05) is 24.7 Å². The number of pyridine rings is 1. The SMILES string of the molecule is CC(C)(C)OC(=O)NC1CCN(c2ccc(B3OC(C)(C)C(C)(C)O3)cn2)C1. The Morgan fingerprint density at radius 2 is 1.89 bits per heavy atom. The number of rotatable bonds is 3. The average Bonchev–Trinajstić information content (AvgIpc) is 3.08. The molecule has 0 aliphatic carbocycles. The Morgan fingerprint density at radius 1 is 1.25 bits per heavy atom. The van der Waals surface area contributed by atoms with Crippen LogP contribution in [0.4, 0.5) is 10.6 Å². The normalized spacial score (nSPS) is 23.8. The molecule has 2 aliphatic heterocycles. The molecule has 1 aromatic rings. The van der Waals surface area contributed by atoms with Crippen LogP contribution < -0.4 is 15.7 Å². The smallest absolute Gasteiger partial charge is 0.444 e. The van der Waals surface area contributed by atoms with Crippen molar-refractivity contribution < 1.29 is 18.8 Å². The molecule has 154 valence electrons. The summed E-state index contributed by atoms with van der Waals surface area (Å²) < 4.78 is 17.5. The molecule has 28 heavy (non-hydrogen) atoms. The van der Waals surface area contributed by atoms with Crippen molar-refractivity contribution in [1.29, 1.82) is 0 Å². The number of aromatic nitrogens is 1. The van der Waals surface area contributed by atoms with Gasteiger partial charge in [-0.15, -0.1) is 0 Å². The van der Waals surface area contributed by atoms with Gasteiger partial charge in [-0.1, -0.05) is 6.07 Å². The first kappa shape index (κ1) is 20.9. The van der Waals surface area contributed by atoms with Crippen molar-refractivity contribution in [2.24, 2.45) is 0 Å². The Labute approximate surface area is 168 Å². The number of amides is 1. The molecule has 0 saturated carbocycles. The standard InChI is InChI=1S/C20H32BN3O4/c1-18(2,3)26-17(25)23-15-10-11-24(13-15)16-9-8-14(12-22-16)21-27-19(4,5)20(6,7)28-21/h8-9,12,15H,10-11,13H2,1-7H3,(H,23,25). The Kier molecular flexibility index (Phi) is 5.40. The lowest BCUT2D eigenvalue weighted by molar-refractivity contribution is 0.00578. The van der Waals surface area contributed by atoms with E-state index in [0.29, 0.717) is 6.54 Å². The van der Waals surface area contributed by atoms with E-state index in [1.54, 1.807) is 0 Å². The van der Waals surface area contributed by atoms with Crippen molar-refractivity contribution in [3.63, 3.8) is 0 Å². The van der Waals surface area contributed by atoms with Gasteiger partial charge in [-0.2, -0.15) is 0 Å². The van der Waals surface area contributed by atoms with E-state index in [1.165, 1.54) is 0 Å². The van der Waals surface area contributed by atoms with Crippen LogP contribution in [0, 0.1) is 0 Å². The van der Waals surface area contributed by atoms with Gasteiger partial charge in [0.05, 0.1) is 17.2 Å². The van der Waals surface area contributed by atoms with Crippen molar-refractivity contribution in [1.82, 2.24) is 10.3 Å². The molecule has 1 N–H and O–H groups in total. The van der Waals surface area contributed by atoms with Gasteiger partial charge in [-0.3, -0.25) is 0 Å². The fourth-order valence-electron chi connectivity index (χ4n) is 3.26. The fourth-order valence-corrected chi connectivity index (χ4v) is 3.26. The molecule has 2 aliphatic rings. The summed E-state index contributed by atoms with van der Waals surface area (Å²) in [6.07, 6.45) is 2.30. The number of ether oxygens (including phenoxy) is 1. The van der Waals surface area contributed by atoms with Crippen LogP contribution >= 0.6 is 0 Å². The number of nitrogens with one attached hydrogen (secondary N) is 1. The van der Waals surface area contributed by atoms with Crippen LogP contribution in [0.5, 0.6) is 0 Å². The van der Waals surface area contributed by atoms with Crippen molar-refractivity contribution in [2.75, 3.05) is 18.0 Å². The number of alkyl carbamates (subject to hydrolysis) is 1. The highest BCUT2D eigenvalue weighted by molar-refractivity contribution is 6.62. The Hall–Kier alpha value is -1.80. The second kappa shape index (κ2) is 7.23. The molecular formula is C20H32BN3O4. The Balaban J connectivity index is 1.57. The monoisotopic (exact) mass is 389 g/mol. The number of carbonyl (C=O) groups excluding carboxylic acids is 1. The minimum Gasteiger partial charge on any atom is -0.444 e. The fraction of sp³-hybridized carbons (Fsp3) is 0.700. The predicted molar refractivity (Wildman–Crippen MR) is 110 cm³/mol. The molecule has 0 aromatic carbocycles. The van der Waals surface area contributed by atoms with E-state index in [9.17, 15) is 4.79 Å². The van der Waals surface area contributed by atoms with Crippen molar-refractivity contribution in [3.05, 3.63) is 18.3 Å². The van der Waals surface area contributed by atoms with Crippen molar-refractivity contribution >= 4 is 24.5 Å². The summed E-state index contributed by atoms with van der Waals surface area (Å²) in [6, 6.07) is 4.04. The van der Waals surface area contributed by atoms with Gasteiger partial charge >= 0.3 is 13.2 Å². The van der Waals surface area contributed by atoms with E-state index in [4.69, 9.17) is 14.0 Å². The van der Waals surface area contributed by atoms with E-state index in [-0.39, 0.29) is 23.3 Å². The van der Waals surface area contributed by atoms with Crippen molar-refractivity contribution in [2.45, 2.75) is 77.7 Å². The molecule has 2 fully saturated rings. The summed E-state index contributed by atoms with van der Waals surface area (Å²) in [4.78, 5) is 18.7. The lowest BCUT2D eigenvalue weighted by Crippen LogP contribution is -2.41. The molecule has 8 heteroatoms. The minimum absolute atomic E-state index is 0.0550. The molecule has 1 aromatic heterocycles. The van der Waals surface area contributed by atoms with Gasteiger partial charge in [-0.25, -0.2) is 9.78 Å². The summed E-state index contributed by atoms with van der Waals surface area (Å²) in [5.74, 6) is 0.883. The van der Waals surface area contributed by atoms with E-state index >= 15 is 0 Å². The van der Waals surface area contributed by atoms with E-state index < -0.39 is 12.7 Å². The third kappa shape index (κ3) is 4.60. The highest BCUT2D eigenvalue weighted by atomic mass is 16.7. The average molecular weight is 389 g/mol. The van der Waals surface area contributed by atoms with Crippen LogP contribution in [0.25, 0.3) is 0 Å². The maximum absolute atomic E-state index is 12.0. The quantitative estimate of drug-likeness (QED) is 0.801. The molecule has 3 rings (SSSR count). The van der Waals surface area contributed by atoms with Crippen LogP contribution in [0.3, 0.4) is 0 Å². The molecule has 1 atom stereocenters. The summed E-state index contributed by atoms with van der Waals surface area (Å²) in [5.41, 5.74) is -0.324. The number of carbonyl (C=O) groups is 1. The lowest BCUT2D eigenvalue weighted by atomic mass is 9.80. The molecule has 0 radical (unpaired) electrons. The molecule has 0 bridgehead atoms. The lowest BCUT2D eigenvalue weighted by Gasteiger charge is -2.32. The number of nitrogens with zero attached hydrogens (tertiary/aromatic N) is 2. The number of anilines is 1. The van der Waals surface area contributed by atoms with Gasteiger partial charge in [0.1, 0.15) is 11.4 Å². The van der Waals surface area contributed by atoms with Gasteiger partial charge in [-0.05, 0) is 61.0 Å². The van der Waals surface area contributed by atoms with Gasteiger partial charge in [0.2, 0.25) is 0 Å². The third-order valence-corrected chi connectivity index (χ3v) is 5.53. The topological polar surface area (TPSA) is 72.9 Å². The molecule has 0 spiro atoms. The summed E-state index contributed by atoms with van der Waals surface area (Å²) in [5, 5.41) is 2.94. The zero-order valence-corrected chi connectivity index (χ0v) is 18.0. The van der Waals surface area contributed by atoms with E-state index in [1.807, 2.05) is 66.8 Å². The van der Waals surface area contributed by atoms with E-state index in [2.05, 4.69) is 15.2 Å². The predicted octanol–water partition coefficient (Wildman–Crippen LogP) is 2.48. The Bertz CT molecular complexity index is 699. The second-order valence-corrected chi connectivity index (χ2v) is 9.62. The first-order valence-electron chi connectivity index (χ1n) is 9.92. The van der Waals surface area contributed by atoms with Crippen molar-refractivity contribution in [3.8, 4) is 0 Å². The highest BCUT2D eigenvalue weighted by Gasteiger charge is 2.51. The maximum atomic E-state index is 12.0. The van der Waals surface area contributed by atoms with Gasteiger partial charge in [0.25, 0.3) is 0 Å². The van der Waals surface area contributed by atoms with Gasteiger partial charge < -0.3 is 24.3 Å². The van der Waals surface area contributed by atoms with Crippen LogP contribution in [0.2, 0.25) is 0 Å². The highest BCUT2D eigenvalue weighted by Crippen LogP contribution is 2.36. The second-order valence-electron chi connectivity index (χ2n) is 9.62. The summed E-state index contributed by atoms with van der Waals surface area (Å²) >= 11 is 0. The summed E-state index contributed by atoms with van der Waals surface area (Å²) in [6.45, 7) is 15.3. The molecule has 7 nitrogen and oxygen atoms in total. The molecule has 2 saturated heterocycles. The van der Waals surface area contributed by atoms with Gasteiger partial charge in [0.15, 0.2) is 0 Å².